The molecule has 1 fully saturated rings. The fraction of sp³-hybridized carbons (Fsp3) is 0.778. The van der Waals surface area contributed by atoms with Crippen LogP contribution in [-0.2, 0) is 9.53 Å². The summed E-state index contributed by atoms with van der Waals surface area (Å²) in [5.74, 6) is -1.10. The number of carboxylic acid groups (broad SMARTS) is 1. The highest BCUT2D eigenvalue weighted by Crippen LogP contribution is 2.32. The molecule has 0 unspecified atom stereocenters. The van der Waals surface area contributed by atoms with Crippen LogP contribution in [-0.4, -0.2) is 40.2 Å². The molecule has 0 spiro atoms. The molecule has 1 N–H and O–H groups in total. The van der Waals surface area contributed by atoms with Crippen molar-refractivity contribution < 1.29 is 19.4 Å². The summed E-state index contributed by atoms with van der Waals surface area (Å²) in [5, 5.41) is 8.09. The highest BCUT2D eigenvalue weighted by Gasteiger charge is 2.46. The van der Waals surface area contributed by atoms with Gasteiger partial charge in [0.15, 0.2) is 6.04 Å². The van der Waals surface area contributed by atoms with Gasteiger partial charge in [-0.3, -0.25) is 9.69 Å². The van der Waals surface area contributed by atoms with Crippen molar-refractivity contribution in [1.82, 2.24) is 4.90 Å². The minimum atomic E-state index is -1.10. The fourth-order valence-electron chi connectivity index (χ4n) is 1.58. The molecule has 6 heteroatoms. The first kappa shape index (κ1) is 12.3. The number of nitrogens with zero attached hydrogens (tertiary/aromatic N) is 1. The maximum Gasteiger partial charge on any atom is 0.328 e. The lowest BCUT2D eigenvalue weighted by Crippen LogP contribution is -2.48. The van der Waals surface area contributed by atoms with Gasteiger partial charge in [0.05, 0.1) is 6.61 Å². The van der Waals surface area contributed by atoms with Crippen LogP contribution in [0.4, 0.5) is 4.79 Å². The van der Waals surface area contributed by atoms with Gasteiger partial charge < -0.3 is 9.84 Å². The first-order chi connectivity index (χ1) is 6.75. The lowest BCUT2D eigenvalue weighted by Gasteiger charge is -2.33. The number of hydrogen-bond donors (Lipinski definition) is 1. The van der Waals surface area contributed by atoms with Crippen LogP contribution >= 0.6 is 11.6 Å². The van der Waals surface area contributed by atoms with E-state index in [4.69, 9.17) is 21.4 Å². The standard InChI is InChI=1S/C9H14ClNO4/c1-9(2,3)7-11(8(10)14)5(4-15-7)6(12)13/h5,7H,4H2,1-3H3,(H,12,13)/t5-,7+/m1/s1. The van der Waals surface area contributed by atoms with Crippen LogP contribution in [0, 0.1) is 5.41 Å². The van der Waals surface area contributed by atoms with Crippen molar-refractivity contribution in [2.24, 2.45) is 5.41 Å². The molecule has 0 aromatic carbocycles. The monoisotopic (exact) mass is 235 g/mol. The van der Waals surface area contributed by atoms with Crippen molar-refractivity contribution in [2.75, 3.05) is 6.61 Å². The maximum atomic E-state index is 11.2. The molecule has 0 aromatic heterocycles. The average Bonchev–Trinajstić information content (AvgIpc) is 2.45. The SMILES string of the molecule is CC(C)(C)[C@@H]1OC[C@H](C(=O)O)N1C(=O)Cl. The molecule has 1 amide bonds. The van der Waals surface area contributed by atoms with E-state index in [1.54, 1.807) is 0 Å². The van der Waals surface area contributed by atoms with Gasteiger partial charge in [-0.15, -0.1) is 0 Å². The Bertz CT molecular complexity index is 286. The molecule has 5 nitrogen and oxygen atoms in total. The van der Waals surface area contributed by atoms with Gasteiger partial charge in [-0.05, 0) is 11.6 Å². The molecule has 15 heavy (non-hydrogen) atoms. The minimum absolute atomic E-state index is 0.0181. The smallest absolute Gasteiger partial charge is 0.328 e. The maximum absolute atomic E-state index is 11.2. The summed E-state index contributed by atoms with van der Waals surface area (Å²) >= 11 is 5.37. The van der Waals surface area contributed by atoms with Crippen LogP contribution in [0.2, 0.25) is 0 Å². The van der Waals surface area contributed by atoms with Gasteiger partial charge in [-0.1, -0.05) is 20.8 Å². The van der Waals surface area contributed by atoms with E-state index in [-0.39, 0.29) is 12.0 Å². The molecule has 2 atom stereocenters. The molecular weight excluding hydrogens is 222 g/mol. The van der Waals surface area contributed by atoms with Crippen molar-refractivity contribution in [3.63, 3.8) is 0 Å². The van der Waals surface area contributed by atoms with E-state index in [0.717, 1.165) is 4.90 Å². The van der Waals surface area contributed by atoms with Crippen LogP contribution in [0.3, 0.4) is 0 Å². The minimum Gasteiger partial charge on any atom is -0.480 e. The Balaban J connectivity index is 2.95. The zero-order chi connectivity index (χ0) is 11.8. The predicted molar refractivity (Wildman–Crippen MR) is 53.7 cm³/mol. The van der Waals surface area contributed by atoms with Crippen molar-refractivity contribution in [3.05, 3.63) is 0 Å². The van der Waals surface area contributed by atoms with Gasteiger partial charge in [0, 0.05) is 5.41 Å². The summed E-state index contributed by atoms with van der Waals surface area (Å²) < 4.78 is 5.31. The van der Waals surface area contributed by atoms with Crippen LogP contribution in [0.25, 0.3) is 0 Å². The van der Waals surface area contributed by atoms with Gasteiger partial charge in [0.1, 0.15) is 6.23 Å². The van der Waals surface area contributed by atoms with E-state index in [1.165, 1.54) is 0 Å². The molecule has 1 aliphatic rings. The van der Waals surface area contributed by atoms with E-state index in [2.05, 4.69) is 0 Å². The summed E-state index contributed by atoms with van der Waals surface area (Å²) in [6, 6.07) is -0.987. The number of ether oxygens (including phenoxy) is 1. The third kappa shape index (κ3) is 2.41. The second-order valence-electron chi connectivity index (χ2n) is 4.57. The van der Waals surface area contributed by atoms with Crippen molar-refractivity contribution >= 4 is 22.9 Å². The third-order valence-electron chi connectivity index (χ3n) is 2.23. The van der Waals surface area contributed by atoms with Gasteiger partial charge >= 0.3 is 11.3 Å². The highest BCUT2D eigenvalue weighted by atomic mass is 35.5. The molecule has 0 radical (unpaired) electrons. The fourth-order valence-corrected chi connectivity index (χ4v) is 1.78. The van der Waals surface area contributed by atoms with Gasteiger partial charge in [0.25, 0.3) is 0 Å². The van der Waals surface area contributed by atoms with Crippen LogP contribution in [0.1, 0.15) is 20.8 Å². The van der Waals surface area contributed by atoms with Crippen molar-refractivity contribution in [3.8, 4) is 0 Å². The Labute approximate surface area is 92.9 Å². The number of hydrogen-bond acceptors (Lipinski definition) is 3. The second kappa shape index (κ2) is 3.98. The second-order valence-corrected chi connectivity index (χ2v) is 4.89. The number of halogens is 1. The lowest BCUT2D eigenvalue weighted by molar-refractivity contribution is -0.141. The van der Waals surface area contributed by atoms with Crippen molar-refractivity contribution in [2.45, 2.75) is 33.0 Å². The summed E-state index contributed by atoms with van der Waals surface area (Å²) in [7, 11) is 0. The van der Waals surface area contributed by atoms with E-state index < -0.39 is 23.6 Å². The molecular formula is C9H14ClNO4. The molecule has 0 aliphatic carbocycles. The number of carbonyl (C=O) groups excluding carboxylic acids is 1. The summed E-state index contributed by atoms with van der Waals surface area (Å²) in [4.78, 5) is 23.1. The van der Waals surface area contributed by atoms with Gasteiger partial charge in [0.2, 0.25) is 0 Å². The van der Waals surface area contributed by atoms with Gasteiger partial charge in [-0.2, -0.15) is 0 Å². The molecule has 1 rings (SSSR count). The van der Waals surface area contributed by atoms with E-state index in [1.807, 2.05) is 20.8 Å². The highest BCUT2D eigenvalue weighted by molar-refractivity contribution is 6.63. The first-order valence-electron chi connectivity index (χ1n) is 4.57. The Kier molecular flexibility index (Phi) is 3.25. The van der Waals surface area contributed by atoms with E-state index >= 15 is 0 Å². The molecule has 0 saturated carbocycles. The largest absolute Gasteiger partial charge is 0.480 e. The Hall–Kier alpha value is -0.810. The molecule has 0 aromatic rings. The summed E-state index contributed by atoms with van der Waals surface area (Å²) in [5.41, 5.74) is -0.366. The topological polar surface area (TPSA) is 66.8 Å². The summed E-state index contributed by atoms with van der Waals surface area (Å²) in [6.07, 6.45) is -0.594. The first-order valence-corrected chi connectivity index (χ1v) is 4.95. The number of amides is 1. The predicted octanol–water partition coefficient (Wildman–Crippen LogP) is 1.50. The number of rotatable bonds is 1. The van der Waals surface area contributed by atoms with Crippen LogP contribution in [0.5, 0.6) is 0 Å². The van der Waals surface area contributed by atoms with Crippen molar-refractivity contribution in [1.29, 1.82) is 0 Å². The Morgan fingerprint density at radius 1 is 1.47 bits per heavy atom. The normalized spacial score (nSPS) is 26.8. The number of aliphatic carboxylic acids is 1. The Morgan fingerprint density at radius 2 is 2.00 bits per heavy atom. The molecule has 0 bridgehead atoms. The zero-order valence-corrected chi connectivity index (χ0v) is 9.61. The molecule has 1 aliphatic heterocycles. The Morgan fingerprint density at radius 3 is 2.33 bits per heavy atom. The van der Waals surface area contributed by atoms with Crippen LogP contribution in [0.15, 0.2) is 0 Å². The van der Waals surface area contributed by atoms with Gasteiger partial charge in [-0.25, -0.2) is 4.79 Å². The molecule has 1 saturated heterocycles. The van der Waals surface area contributed by atoms with E-state index in [9.17, 15) is 9.59 Å². The average molecular weight is 236 g/mol. The zero-order valence-electron chi connectivity index (χ0n) is 8.86. The number of carbonyl (C=O) groups is 2. The number of carboxylic acids is 1. The third-order valence-corrected chi connectivity index (χ3v) is 2.42. The summed E-state index contributed by atoms with van der Waals surface area (Å²) in [6.45, 7) is 5.55. The van der Waals surface area contributed by atoms with Crippen LogP contribution < -0.4 is 0 Å². The lowest BCUT2D eigenvalue weighted by atomic mass is 9.93. The molecule has 1 heterocycles. The molecule has 86 valence electrons. The van der Waals surface area contributed by atoms with E-state index in [0.29, 0.717) is 0 Å². The quantitative estimate of drug-likeness (QED) is 0.553.